The normalized spacial score (nSPS) is 19.3. The maximum Gasteiger partial charge on any atom is 0.265 e. The van der Waals surface area contributed by atoms with Gasteiger partial charge in [0.1, 0.15) is 12.3 Å². The van der Waals surface area contributed by atoms with Gasteiger partial charge in [-0.1, -0.05) is 19.1 Å². The van der Waals surface area contributed by atoms with Crippen LogP contribution in [0.2, 0.25) is 0 Å². The third kappa shape index (κ3) is 5.11. The molecule has 2 amide bonds. The lowest BCUT2D eigenvalue weighted by Gasteiger charge is -2.38. The molecule has 0 aliphatic carbocycles. The average Bonchev–Trinajstić information content (AvgIpc) is 2.92. The number of aryl methyl sites for hydroxylation is 1. The number of rotatable bonds is 5. The molecule has 2 fully saturated rings. The number of benzene rings is 2. The number of fused-ring (bicyclic) bond motifs is 1. The first kappa shape index (κ1) is 26.5. The Morgan fingerprint density at radius 2 is 1.68 bits per heavy atom. The van der Waals surface area contributed by atoms with E-state index in [-0.39, 0.29) is 29.9 Å². The molecule has 10 heteroatoms. The molecular weight excluding hydrogens is 504 g/mol. The summed E-state index contributed by atoms with van der Waals surface area (Å²) in [5.41, 5.74) is 4.00. The molecule has 0 radical (unpaired) electrons. The monoisotopic (exact) mass is 540 g/mol. The Bertz CT molecular complexity index is 1330. The van der Waals surface area contributed by atoms with E-state index in [0.717, 1.165) is 12.8 Å². The van der Waals surface area contributed by atoms with Crippen LogP contribution in [-0.2, 0) is 19.6 Å². The molecule has 0 aromatic heterocycles. The zero-order chi connectivity index (χ0) is 27.0. The summed E-state index contributed by atoms with van der Waals surface area (Å²) in [5, 5.41) is 0. The highest BCUT2D eigenvalue weighted by atomic mass is 32.2. The second kappa shape index (κ2) is 10.6. The van der Waals surface area contributed by atoms with E-state index < -0.39 is 10.0 Å². The zero-order valence-corrected chi connectivity index (χ0v) is 23.2. The summed E-state index contributed by atoms with van der Waals surface area (Å²) in [4.78, 5) is 31.7. The minimum Gasteiger partial charge on any atom is -0.482 e. The van der Waals surface area contributed by atoms with Crippen LogP contribution in [0.1, 0.15) is 30.9 Å². The van der Waals surface area contributed by atoms with Crippen LogP contribution in [0.25, 0.3) is 0 Å². The van der Waals surface area contributed by atoms with Crippen LogP contribution in [-0.4, -0.2) is 81.9 Å². The van der Waals surface area contributed by atoms with Gasteiger partial charge in [-0.05, 0) is 68.0 Å². The fourth-order valence-electron chi connectivity index (χ4n) is 5.40. The Labute approximate surface area is 225 Å². The van der Waals surface area contributed by atoms with Crippen LogP contribution >= 0.6 is 0 Å². The predicted octanol–water partition coefficient (Wildman–Crippen LogP) is 2.80. The Hall–Kier alpha value is -3.11. The van der Waals surface area contributed by atoms with Crippen LogP contribution < -0.4 is 14.5 Å². The molecule has 0 spiro atoms. The Morgan fingerprint density at radius 3 is 2.39 bits per heavy atom. The fourth-order valence-corrected chi connectivity index (χ4v) is 6.89. The summed E-state index contributed by atoms with van der Waals surface area (Å²) >= 11 is 0. The Kier molecular flexibility index (Phi) is 7.37. The summed E-state index contributed by atoms with van der Waals surface area (Å²) in [6.45, 7) is 9.49. The lowest BCUT2D eigenvalue weighted by atomic mass is 10.0. The lowest BCUT2D eigenvalue weighted by molar-refractivity contribution is -0.132. The van der Waals surface area contributed by atoms with Crippen LogP contribution in [0.15, 0.2) is 41.3 Å². The van der Waals surface area contributed by atoms with E-state index in [1.807, 2.05) is 0 Å². The lowest BCUT2D eigenvalue weighted by Crippen LogP contribution is -2.53. The van der Waals surface area contributed by atoms with E-state index in [0.29, 0.717) is 56.6 Å². The van der Waals surface area contributed by atoms with E-state index in [4.69, 9.17) is 4.74 Å². The molecule has 204 valence electrons. The largest absolute Gasteiger partial charge is 0.482 e. The summed E-state index contributed by atoms with van der Waals surface area (Å²) in [6.07, 6.45) is 1.65. The molecule has 0 N–H and O–H groups in total. The third-order valence-electron chi connectivity index (χ3n) is 8.10. The van der Waals surface area contributed by atoms with Gasteiger partial charge in [0.05, 0.1) is 10.6 Å². The number of hydrogen-bond acceptors (Lipinski definition) is 6. The number of anilines is 2. The van der Waals surface area contributed by atoms with Crippen molar-refractivity contribution in [2.75, 3.05) is 62.2 Å². The molecule has 0 bridgehead atoms. The summed E-state index contributed by atoms with van der Waals surface area (Å²) in [5.74, 6) is 0.384. The number of nitrogens with zero attached hydrogens (tertiary/aromatic N) is 4. The van der Waals surface area contributed by atoms with Gasteiger partial charge in [0.2, 0.25) is 15.9 Å². The number of sulfonamides is 1. The highest BCUT2D eigenvalue weighted by Gasteiger charge is 2.34. The van der Waals surface area contributed by atoms with Gasteiger partial charge >= 0.3 is 0 Å². The number of piperidine rings is 1. The van der Waals surface area contributed by atoms with Crippen LogP contribution in [0.5, 0.6) is 5.75 Å². The molecule has 3 heterocycles. The van der Waals surface area contributed by atoms with Gasteiger partial charge in [-0.2, -0.15) is 4.31 Å². The summed E-state index contributed by atoms with van der Waals surface area (Å²) < 4.78 is 33.7. The molecule has 3 aliphatic heterocycles. The molecule has 3 aliphatic rings. The van der Waals surface area contributed by atoms with Gasteiger partial charge in [0.25, 0.3) is 5.91 Å². The van der Waals surface area contributed by atoms with Crippen LogP contribution in [0.4, 0.5) is 11.4 Å². The first-order valence-electron chi connectivity index (χ1n) is 13.3. The number of ether oxygens (including phenoxy) is 1. The van der Waals surface area contributed by atoms with Crippen molar-refractivity contribution in [1.82, 2.24) is 9.21 Å². The van der Waals surface area contributed by atoms with E-state index in [1.54, 1.807) is 11.0 Å². The van der Waals surface area contributed by atoms with Crippen LogP contribution in [0, 0.1) is 19.8 Å². The standard InChI is InChI=1S/C28H36N4O5S/c1-20-9-11-31(12-10-20)38(35,36)23-7-8-26-25(17-23)32(28(34)19-37-26)18-27(33)30-15-13-29(14-16-30)24-6-4-5-21(2)22(24)3/h4-8,17,20H,9-16,18-19H2,1-3H3. The number of carbonyl (C=O) groups is 2. The van der Waals surface area contributed by atoms with Crippen molar-refractivity contribution in [3.63, 3.8) is 0 Å². The fraction of sp³-hybridized carbons (Fsp3) is 0.500. The van der Waals surface area contributed by atoms with Gasteiger partial charge in [-0.3, -0.25) is 14.5 Å². The molecule has 2 aromatic rings. The topological polar surface area (TPSA) is 90.5 Å². The average molecular weight is 541 g/mol. The van der Waals surface area contributed by atoms with Crippen molar-refractivity contribution in [3.05, 3.63) is 47.5 Å². The predicted molar refractivity (Wildman–Crippen MR) is 146 cm³/mol. The maximum absolute atomic E-state index is 13.3. The second-order valence-electron chi connectivity index (χ2n) is 10.6. The highest BCUT2D eigenvalue weighted by molar-refractivity contribution is 7.89. The van der Waals surface area contributed by atoms with Gasteiger partial charge in [0, 0.05) is 45.0 Å². The number of amides is 2. The van der Waals surface area contributed by atoms with E-state index >= 15 is 0 Å². The molecule has 0 atom stereocenters. The van der Waals surface area contributed by atoms with Crippen LogP contribution in [0.3, 0.4) is 0 Å². The maximum atomic E-state index is 13.3. The van der Waals surface area contributed by atoms with Gasteiger partial charge in [0.15, 0.2) is 6.61 Å². The third-order valence-corrected chi connectivity index (χ3v) is 9.99. The number of piperazine rings is 1. The first-order chi connectivity index (χ1) is 18.1. The van der Waals surface area contributed by atoms with Crippen molar-refractivity contribution >= 4 is 33.2 Å². The Balaban J connectivity index is 1.30. The molecule has 38 heavy (non-hydrogen) atoms. The van der Waals surface area contributed by atoms with E-state index in [9.17, 15) is 18.0 Å². The van der Waals surface area contributed by atoms with Gasteiger partial charge in [-0.15, -0.1) is 0 Å². The second-order valence-corrected chi connectivity index (χ2v) is 12.5. The van der Waals surface area contributed by atoms with E-state index in [2.05, 4.69) is 43.9 Å². The molecule has 5 rings (SSSR count). The molecule has 0 saturated carbocycles. The summed E-state index contributed by atoms with van der Waals surface area (Å²) in [6, 6.07) is 10.8. The van der Waals surface area contributed by atoms with E-state index in [1.165, 1.54) is 38.2 Å². The first-order valence-corrected chi connectivity index (χ1v) is 14.8. The summed E-state index contributed by atoms with van der Waals surface area (Å²) in [7, 11) is -3.71. The van der Waals surface area contributed by atoms with Gasteiger partial charge < -0.3 is 14.5 Å². The molecular formula is C28H36N4O5S. The highest BCUT2D eigenvalue weighted by Crippen LogP contribution is 2.36. The minimum absolute atomic E-state index is 0.115. The number of carbonyl (C=O) groups excluding carboxylic acids is 2. The van der Waals surface area contributed by atoms with Crippen molar-refractivity contribution in [2.24, 2.45) is 5.92 Å². The van der Waals surface area contributed by atoms with Crippen molar-refractivity contribution in [3.8, 4) is 5.75 Å². The quantitative estimate of drug-likeness (QED) is 0.580. The molecule has 2 saturated heterocycles. The minimum atomic E-state index is -3.71. The van der Waals surface area contributed by atoms with Crippen molar-refractivity contribution < 1.29 is 22.7 Å². The zero-order valence-electron chi connectivity index (χ0n) is 22.4. The Morgan fingerprint density at radius 1 is 0.974 bits per heavy atom. The molecule has 9 nitrogen and oxygen atoms in total. The van der Waals surface area contributed by atoms with Gasteiger partial charge in [-0.25, -0.2) is 8.42 Å². The smallest absolute Gasteiger partial charge is 0.265 e. The van der Waals surface area contributed by atoms with Crippen molar-refractivity contribution in [1.29, 1.82) is 0 Å². The molecule has 2 aromatic carbocycles. The SMILES string of the molecule is Cc1cccc(N2CCN(C(=O)CN3C(=O)COc4ccc(S(=O)(=O)N5CCC(C)CC5)cc43)CC2)c1C. The molecule has 0 unspecified atom stereocenters. The van der Waals surface area contributed by atoms with Crippen molar-refractivity contribution in [2.45, 2.75) is 38.5 Å². The number of hydrogen-bond donors (Lipinski definition) is 0.